The lowest BCUT2D eigenvalue weighted by atomic mass is 10.1. The fourth-order valence-corrected chi connectivity index (χ4v) is 3.88. The summed E-state index contributed by atoms with van der Waals surface area (Å²) in [4.78, 5) is 16.5. The molecular formula is C17H21FN2O2S2. The Morgan fingerprint density at radius 2 is 1.96 bits per heavy atom. The molecule has 1 aromatic carbocycles. The lowest BCUT2D eigenvalue weighted by molar-refractivity contribution is -0.121. The largest absolute Gasteiger partial charge is 0.350 e. The lowest BCUT2D eigenvalue weighted by Gasteiger charge is -2.22. The molecule has 4 nitrogen and oxygen atoms in total. The quantitative estimate of drug-likeness (QED) is 0.879. The predicted octanol–water partition coefficient (Wildman–Crippen LogP) is 3.50. The molecule has 130 valence electrons. The number of aromatic nitrogens is 1. The third-order valence-electron chi connectivity index (χ3n) is 3.19. The second kappa shape index (κ2) is 7.53. The van der Waals surface area contributed by atoms with Gasteiger partial charge in [0.05, 0.1) is 11.4 Å². The summed E-state index contributed by atoms with van der Waals surface area (Å²) >= 11 is 1.41. The summed E-state index contributed by atoms with van der Waals surface area (Å²) in [5, 5.41) is 4.79. The van der Waals surface area contributed by atoms with Gasteiger partial charge in [0, 0.05) is 27.3 Å². The third-order valence-corrected chi connectivity index (χ3v) is 5.72. The average Bonchev–Trinajstić information content (AvgIpc) is 2.93. The van der Waals surface area contributed by atoms with Crippen molar-refractivity contribution >= 4 is 28.0 Å². The van der Waals surface area contributed by atoms with Crippen LogP contribution in [0.2, 0.25) is 0 Å². The van der Waals surface area contributed by atoms with Crippen LogP contribution in [-0.2, 0) is 21.3 Å². The van der Waals surface area contributed by atoms with E-state index in [0.29, 0.717) is 5.69 Å². The molecule has 7 heteroatoms. The number of rotatable bonds is 5. The van der Waals surface area contributed by atoms with Crippen LogP contribution in [0.1, 0.15) is 33.4 Å². The van der Waals surface area contributed by atoms with Gasteiger partial charge in [-0.05, 0) is 52.0 Å². The maximum atomic E-state index is 13.0. The van der Waals surface area contributed by atoms with Gasteiger partial charge in [0.1, 0.15) is 16.1 Å². The van der Waals surface area contributed by atoms with E-state index in [4.69, 9.17) is 0 Å². The van der Waals surface area contributed by atoms with Crippen LogP contribution in [-0.4, -0.2) is 25.9 Å². The molecule has 0 spiro atoms. The molecule has 0 aliphatic rings. The first-order valence-electron chi connectivity index (χ1n) is 7.55. The van der Waals surface area contributed by atoms with E-state index in [2.05, 4.69) is 10.3 Å². The zero-order valence-corrected chi connectivity index (χ0v) is 15.8. The van der Waals surface area contributed by atoms with Crippen molar-refractivity contribution in [3.8, 4) is 10.6 Å². The Kier molecular flexibility index (Phi) is 5.87. The number of hydrogen-bond donors (Lipinski definition) is 1. The van der Waals surface area contributed by atoms with Crippen LogP contribution in [0, 0.1) is 5.82 Å². The molecule has 0 aliphatic heterocycles. The zero-order chi connectivity index (χ0) is 17.9. The Bertz CT molecular complexity index is 736. The third kappa shape index (κ3) is 5.21. The first-order chi connectivity index (χ1) is 11.2. The number of amides is 1. The molecular weight excluding hydrogens is 347 g/mol. The number of carbonyl (C=O) groups is 1. The van der Waals surface area contributed by atoms with Gasteiger partial charge in [-0.3, -0.25) is 9.00 Å². The summed E-state index contributed by atoms with van der Waals surface area (Å²) in [6.45, 7) is 7.31. The van der Waals surface area contributed by atoms with E-state index in [1.807, 2.05) is 26.2 Å². The van der Waals surface area contributed by atoms with Crippen molar-refractivity contribution in [1.29, 1.82) is 0 Å². The molecule has 24 heavy (non-hydrogen) atoms. The number of hydrogen-bond acceptors (Lipinski definition) is 4. The van der Waals surface area contributed by atoms with Crippen LogP contribution < -0.4 is 5.32 Å². The van der Waals surface area contributed by atoms with Crippen molar-refractivity contribution in [2.24, 2.45) is 0 Å². The van der Waals surface area contributed by atoms with Gasteiger partial charge in [-0.1, -0.05) is 0 Å². The van der Waals surface area contributed by atoms with Crippen LogP contribution in [0.5, 0.6) is 0 Å². The molecule has 0 aliphatic carbocycles. The molecule has 1 heterocycles. The number of nitrogens with one attached hydrogen (secondary N) is 1. The summed E-state index contributed by atoms with van der Waals surface area (Å²) in [6, 6.07) is 6.09. The van der Waals surface area contributed by atoms with E-state index in [0.717, 1.165) is 10.6 Å². The van der Waals surface area contributed by atoms with Crippen LogP contribution in [0.3, 0.4) is 0 Å². The molecule has 1 N–H and O–H groups in total. The number of halogens is 1. The molecule has 0 bridgehead atoms. The molecule has 1 aromatic heterocycles. The number of thiazole rings is 1. The maximum Gasteiger partial charge on any atom is 0.235 e. The van der Waals surface area contributed by atoms with Crippen LogP contribution in [0.25, 0.3) is 10.6 Å². The monoisotopic (exact) mass is 368 g/mol. The molecule has 1 amide bonds. The second-order valence-corrected chi connectivity index (χ2v) is 9.17. The normalized spacial score (nSPS) is 14.2. The number of nitrogens with zero attached hydrogens (tertiary/aromatic N) is 1. The van der Waals surface area contributed by atoms with Crippen molar-refractivity contribution in [2.75, 3.05) is 0 Å². The highest BCUT2D eigenvalue weighted by Gasteiger charge is 2.24. The molecule has 0 saturated heterocycles. The zero-order valence-electron chi connectivity index (χ0n) is 14.1. The van der Waals surface area contributed by atoms with Gasteiger partial charge < -0.3 is 5.32 Å². The Morgan fingerprint density at radius 3 is 2.54 bits per heavy atom. The Morgan fingerprint density at radius 1 is 1.33 bits per heavy atom. The van der Waals surface area contributed by atoms with E-state index in [-0.39, 0.29) is 23.0 Å². The van der Waals surface area contributed by atoms with Gasteiger partial charge in [-0.2, -0.15) is 0 Å². The highest BCUT2D eigenvalue weighted by Crippen LogP contribution is 2.24. The van der Waals surface area contributed by atoms with Gasteiger partial charge in [0.15, 0.2) is 0 Å². The van der Waals surface area contributed by atoms with Gasteiger partial charge in [0.2, 0.25) is 5.91 Å². The molecule has 0 radical (unpaired) electrons. The van der Waals surface area contributed by atoms with Gasteiger partial charge in [-0.15, -0.1) is 11.3 Å². The first-order valence-corrected chi connectivity index (χ1v) is 9.81. The highest BCUT2D eigenvalue weighted by atomic mass is 32.2. The van der Waals surface area contributed by atoms with E-state index >= 15 is 0 Å². The minimum Gasteiger partial charge on any atom is -0.350 e. The minimum atomic E-state index is -1.36. The SMILES string of the molecule is C[C@H](C(=O)NC(C)(C)C)[S@@](=O)Cc1csc(-c2ccc(F)cc2)n1. The Balaban J connectivity index is 2.02. The van der Waals surface area contributed by atoms with Crippen LogP contribution >= 0.6 is 11.3 Å². The van der Waals surface area contributed by atoms with E-state index in [1.165, 1.54) is 23.5 Å². The summed E-state index contributed by atoms with van der Waals surface area (Å²) in [7, 11) is -1.36. The molecule has 2 aromatic rings. The van der Waals surface area contributed by atoms with Crippen molar-refractivity contribution in [2.45, 2.75) is 44.2 Å². The topological polar surface area (TPSA) is 59.1 Å². The lowest BCUT2D eigenvalue weighted by Crippen LogP contribution is -2.46. The number of benzene rings is 1. The molecule has 0 saturated carbocycles. The van der Waals surface area contributed by atoms with E-state index in [9.17, 15) is 13.4 Å². The van der Waals surface area contributed by atoms with Crippen LogP contribution in [0.4, 0.5) is 4.39 Å². The van der Waals surface area contributed by atoms with Crippen LogP contribution in [0.15, 0.2) is 29.6 Å². The number of carbonyl (C=O) groups excluding carboxylic acids is 1. The minimum absolute atomic E-state index is 0.219. The second-order valence-electron chi connectivity index (χ2n) is 6.56. The fourth-order valence-electron chi connectivity index (χ4n) is 1.96. The van der Waals surface area contributed by atoms with E-state index < -0.39 is 16.0 Å². The molecule has 2 rings (SSSR count). The molecule has 2 atom stereocenters. The van der Waals surface area contributed by atoms with Crippen molar-refractivity contribution in [1.82, 2.24) is 10.3 Å². The average molecular weight is 368 g/mol. The van der Waals surface area contributed by atoms with Gasteiger partial charge in [0.25, 0.3) is 0 Å². The summed E-state index contributed by atoms with van der Waals surface area (Å²) < 4.78 is 25.4. The smallest absolute Gasteiger partial charge is 0.235 e. The first kappa shape index (κ1) is 18.7. The Hall–Kier alpha value is -1.60. The standard InChI is InChI=1S/C17H21FN2O2S2/c1-11(15(21)20-17(2,3)4)24(22)10-14-9-23-16(19-14)12-5-7-13(18)8-6-12/h5-9,11H,10H2,1-4H3,(H,20,21)/t11-,24+/m1/s1. The summed E-state index contributed by atoms with van der Waals surface area (Å²) in [5.74, 6) is -0.304. The highest BCUT2D eigenvalue weighted by molar-refractivity contribution is 7.85. The van der Waals surface area contributed by atoms with Gasteiger partial charge >= 0.3 is 0 Å². The van der Waals surface area contributed by atoms with Crippen molar-refractivity contribution in [3.63, 3.8) is 0 Å². The van der Waals surface area contributed by atoms with E-state index in [1.54, 1.807) is 19.1 Å². The van der Waals surface area contributed by atoms with Gasteiger partial charge in [-0.25, -0.2) is 9.37 Å². The molecule has 0 fully saturated rings. The van der Waals surface area contributed by atoms with Crippen molar-refractivity contribution in [3.05, 3.63) is 41.2 Å². The molecule has 0 unspecified atom stereocenters. The maximum absolute atomic E-state index is 13.0. The fraction of sp³-hybridized carbons (Fsp3) is 0.412. The summed E-state index contributed by atoms with van der Waals surface area (Å²) in [5.41, 5.74) is 1.14. The predicted molar refractivity (Wildman–Crippen MR) is 96.7 cm³/mol. The van der Waals surface area contributed by atoms with Crippen molar-refractivity contribution < 1.29 is 13.4 Å². The summed E-state index contributed by atoms with van der Waals surface area (Å²) in [6.07, 6.45) is 0. The Labute approximate surface area is 148 Å².